The summed E-state index contributed by atoms with van der Waals surface area (Å²) in [5.41, 5.74) is 9.76. The highest BCUT2D eigenvalue weighted by molar-refractivity contribution is 7.26. The summed E-state index contributed by atoms with van der Waals surface area (Å²) in [5, 5.41) is 7.78. The van der Waals surface area contributed by atoms with Gasteiger partial charge in [-0.3, -0.25) is 0 Å². The first-order chi connectivity index (χ1) is 22.3. The third-order valence-corrected chi connectivity index (χ3v) is 10.5. The zero-order valence-electron chi connectivity index (χ0n) is 24.3. The van der Waals surface area contributed by atoms with Crippen molar-refractivity contribution in [2.75, 3.05) is 0 Å². The van der Waals surface area contributed by atoms with Gasteiger partial charge in [0.15, 0.2) is 0 Å². The Morgan fingerprint density at radius 1 is 0.356 bits per heavy atom. The van der Waals surface area contributed by atoms with Gasteiger partial charge in [0, 0.05) is 53.1 Å². The van der Waals surface area contributed by atoms with Crippen molar-refractivity contribution < 1.29 is 0 Å². The molecule has 0 fully saturated rings. The molecule has 0 bridgehead atoms. The Morgan fingerprint density at radius 3 is 1.73 bits per heavy atom. The molecule has 2 nitrogen and oxygen atoms in total. The second kappa shape index (κ2) is 9.43. The van der Waals surface area contributed by atoms with Crippen molar-refractivity contribution in [2.45, 2.75) is 0 Å². The standard InChI is InChI=1S/C42H26N2S/c1-3-11-27(12-4-1)28-19-24-40-34(25-28)33-21-23-39-41(42(33)45-40)35-26-30(20-22-38(35)43(39)29-13-5-2-6-14-29)44-36-17-9-7-15-31(36)32-16-8-10-18-37(32)44/h1-26H. The van der Waals surface area contributed by atoms with Crippen LogP contribution in [0.4, 0.5) is 0 Å². The predicted molar refractivity (Wildman–Crippen MR) is 193 cm³/mol. The van der Waals surface area contributed by atoms with Crippen LogP contribution in [0.5, 0.6) is 0 Å². The molecule has 0 amide bonds. The molecule has 0 aliphatic carbocycles. The van der Waals surface area contributed by atoms with Gasteiger partial charge in [-0.2, -0.15) is 0 Å². The molecule has 0 N–H and O–H groups in total. The minimum Gasteiger partial charge on any atom is -0.309 e. The van der Waals surface area contributed by atoms with Crippen LogP contribution in [0.15, 0.2) is 158 Å². The summed E-state index contributed by atoms with van der Waals surface area (Å²) >= 11 is 1.91. The van der Waals surface area contributed by atoms with Gasteiger partial charge in [-0.25, -0.2) is 0 Å². The van der Waals surface area contributed by atoms with Crippen molar-refractivity contribution in [1.29, 1.82) is 0 Å². The quantitative estimate of drug-likeness (QED) is 0.194. The first kappa shape index (κ1) is 24.8. The fourth-order valence-electron chi connectivity index (χ4n) is 7.33. The Morgan fingerprint density at radius 2 is 0.978 bits per heavy atom. The number of hydrogen-bond donors (Lipinski definition) is 0. The van der Waals surface area contributed by atoms with Crippen LogP contribution in [0, 0.1) is 0 Å². The Labute approximate surface area is 263 Å². The molecule has 0 aliphatic heterocycles. The summed E-state index contributed by atoms with van der Waals surface area (Å²) in [5.74, 6) is 0. The van der Waals surface area contributed by atoms with E-state index in [1.807, 2.05) is 11.3 Å². The van der Waals surface area contributed by atoms with E-state index in [9.17, 15) is 0 Å². The molecule has 10 rings (SSSR count). The van der Waals surface area contributed by atoms with Gasteiger partial charge in [-0.05, 0) is 71.8 Å². The summed E-state index contributed by atoms with van der Waals surface area (Å²) in [6, 6.07) is 57.5. The lowest BCUT2D eigenvalue weighted by Crippen LogP contribution is -1.95. The second-order valence-electron chi connectivity index (χ2n) is 11.8. The van der Waals surface area contributed by atoms with Crippen LogP contribution in [0.3, 0.4) is 0 Å². The molecule has 0 aliphatic rings. The first-order valence-corrected chi connectivity index (χ1v) is 16.2. The van der Waals surface area contributed by atoms with Crippen LogP contribution in [0.1, 0.15) is 0 Å². The minimum absolute atomic E-state index is 1.17. The maximum absolute atomic E-state index is 2.43. The van der Waals surface area contributed by atoms with E-state index in [4.69, 9.17) is 0 Å². The average Bonchev–Trinajstić information content (AvgIpc) is 3.76. The number of hydrogen-bond acceptors (Lipinski definition) is 1. The zero-order valence-corrected chi connectivity index (χ0v) is 25.1. The van der Waals surface area contributed by atoms with E-state index >= 15 is 0 Å². The predicted octanol–water partition coefficient (Wildman–Crippen LogP) is 11.9. The van der Waals surface area contributed by atoms with Crippen LogP contribution in [-0.2, 0) is 0 Å². The number of thiophene rings is 1. The molecular formula is C42H26N2S. The summed E-state index contributed by atoms with van der Waals surface area (Å²) < 4.78 is 7.51. The Kier molecular flexibility index (Phi) is 5.19. The van der Waals surface area contributed by atoms with E-state index in [1.165, 1.54) is 86.3 Å². The van der Waals surface area contributed by atoms with Crippen LogP contribution in [0.25, 0.3) is 86.3 Å². The third-order valence-electron chi connectivity index (χ3n) is 9.31. The van der Waals surface area contributed by atoms with Gasteiger partial charge in [0.2, 0.25) is 0 Å². The Balaban J connectivity index is 1.32. The van der Waals surface area contributed by atoms with E-state index in [0.29, 0.717) is 0 Å². The molecule has 0 atom stereocenters. The molecule has 10 aromatic rings. The number of para-hydroxylation sites is 3. The van der Waals surface area contributed by atoms with E-state index < -0.39 is 0 Å². The van der Waals surface area contributed by atoms with Gasteiger partial charge in [-0.1, -0.05) is 97.1 Å². The second-order valence-corrected chi connectivity index (χ2v) is 12.8. The van der Waals surface area contributed by atoms with Crippen LogP contribution < -0.4 is 0 Å². The van der Waals surface area contributed by atoms with Crippen molar-refractivity contribution in [3.63, 3.8) is 0 Å². The van der Waals surface area contributed by atoms with Crippen molar-refractivity contribution in [3.05, 3.63) is 158 Å². The molecule has 45 heavy (non-hydrogen) atoms. The molecule has 0 saturated heterocycles. The fraction of sp³-hybridized carbons (Fsp3) is 0. The molecule has 210 valence electrons. The van der Waals surface area contributed by atoms with E-state index in [-0.39, 0.29) is 0 Å². The minimum atomic E-state index is 1.17. The third kappa shape index (κ3) is 3.56. The number of rotatable bonds is 3. The molecule has 0 spiro atoms. The summed E-state index contributed by atoms with van der Waals surface area (Å²) in [6.45, 7) is 0. The molecule has 3 heteroatoms. The fourth-order valence-corrected chi connectivity index (χ4v) is 8.57. The lowest BCUT2D eigenvalue weighted by molar-refractivity contribution is 1.17. The average molecular weight is 591 g/mol. The molecular weight excluding hydrogens is 565 g/mol. The van der Waals surface area contributed by atoms with Crippen molar-refractivity contribution in [1.82, 2.24) is 9.13 Å². The smallest absolute Gasteiger partial charge is 0.0555 e. The molecule has 7 aromatic carbocycles. The molecule has 0 unspecified atom stereocenters. The highest BCUT2D eigenvalue weighted by Gasteiger charge is 2.20. The van der Waals surface area contributed by atoms with Gasteiger partial charge in [0.05, 0.1) is 22.1 Å². The van der Waals surface area contributed by atoms with Crippen LogP contribution >= 0.6 is 11.3 Å². The SMILES string of the molecule is c1ccc(-c2ccc3sc4c(ccc5c4c4cc(-n6c7ccccc7c7ccccc76)ccc4n5-c4ccccc4)c3c2)cc1. The van der Waals surface area contributed by atoms with E-state index in [2.05, 4.69) is 167 Å². The van der Waals surface area contributed by atoms with Crippen molar-refractivity contribution in [2.24, 2.45) is 0 Å². The summed E-state index contributed by atoms with van der Waals surface area (Å²) in [6.07, 6.45) is 0. The maximum Gasteiger partial charge on any atom is 0.0555 e. The number of fused-ring (bicyclic) bond motifs is 10. The molecule has 3 aromatic heterocycles. The van der Waals surface area contributed by atoms with Gasteiger partial charge in [0.25, 0.3) is 0 Å². The lowest BCUT2D eigenvalue weighted by atomic mass is 10.0. The Bertz CT molecular complexity index is 2690. The molecule has 3 heterocycles. The first-order valence-electron chi connectivity index (χ1n) is 15.4. The molecule has 0 radical (unpaired) electrons. The van der Waals surface area contributed by atoms with Crippen molar-refractivity contribution >= 4 is 75.1 Å². The van der Waals surface area contributed by atoms with Gasteiger partial charge >= 0.3 is 0 Å². The zero-order chi connectivity index (χ0) is 29.5. The van der Waals surface area contributed by atoms with Gasteiger partial charge < -0.3 is 9.13 Å². The number of benzene rings is 7. The topological polar surface area (TPSA) is 9.86 Å². The number of aromatic nitrogens is 2. The summed E-state index contributed by atoms with van der Waals surface area (Å²) in [4.78, 5) is 0. The van der Waals surface area contributed by atoms with Crippen LogP contribution in [0.2, 0.25) is 0 Å². The normalized spacial score (nSPS) is 12.0. The lowest BCUT2D eigenvalue weighted by Gasteiger charge is -2.10. The molecule has 0 saturated carbocycles. The monoisotopic (exact) mass is 590 g/mol. The van der Waals surface area contributed by atoms with Crippen molar-refractivity contribution in [3.8, 4) is 22.5 Å². The van der Waals surface area contributed by atoms with E-state index in [0.717, 1.165) is 0 Å². The van der Waals surface area contributed by atoms with E-state index in [1.54, 1.807) is 0 Å². The highest BCUT2D eigenvalue weighted by Crippen LogP contribution is 2.45. The maximum atomic E-state index is 2.43. The Hall–Kier alpha value is -5.64. The number of nitrogens with zero attached hydrogens (tertiary/aromatic N) is 2. The van der Waals surface area contributed by atoms with Crippen LogP contribution in [-0.4, -0.2) is 9.13 Å². The highest BCUT2D eigenvalue weighted by atomic mass is 32.1. The largest absolute Gasteiger partial charge is 0.309 e. The van der Waals surface area contributed by atoms with Gasteiger partial charge in [-0.15, -0.1) is 11.3 Å². The van der Waals surface area contributed by atoms with Gasteiger partial charge in [0.1, 0.15) is 0 Å². The summed E-state index contributed by atoms with van der Waals surface area (Å²) in [7, 11) is 0.